The maximum Gasteiger partial charge on any atom is 0.418 e. The third-order valence-electron chi connectivity index (χ3n) is 4.59. The van der Waals surface area contributed by atoms with Crippen molar-refractivity contribution in [3.63, 3.8) is 0 Å². The first-order chi connectivity index (χ1) is 14.6. The molecule has 0 fully saturated rings. The lowest BCUT2D eigenvalue weighted by Crippen LogP contribution is -2.44. The second-order valence-electron chi connectivity index (χ2n) is 7.30. The lowest BCUT2D eigenvalue weighted by atomic mass is 10.0. The van der Waals surface area contributed by atoms with E-state index in [1.165, 1.54) is 18.3 Å². The van der Waals surface area contributed by atoms with Gasteiger partial charge in [0.15, 0.2) is 5.13 Å². The van der Waals surface area contributed by atoms with Crippen molar-refractivity contribution in [2.24, 2.45) is 5.18 Å². The van der Waals surface area contributed by atoms with E-state index in [1.54, 1.807) is 26.0 Å². The number of amides is 1. The van der Waals surface area contributed by atoms with Gasteiger partial charge in [-0.25, -0.2) is 4.98 Å². The molecular weight excluding hydrogens is 433 g/mol. The molecule has 8 nitrogen and oxygen atoms in total. The van der Waals surface area contributed by atoms with Crippen LogP contribution in [0.15, 0.2) is 41.7 Å². The van der Waals surface area contributed by atoms with Crippen LogP contribution >= 0.6 is 11.3 Å². The number of thiazole rings is 1. The summed E-state index contributed by atoms with van der Waals surface area (Å²) < 4.78 is 40.8. The SMILES string of the molecule is CC(C)(Nc1cccc(N=O)c1)C(=O)Nc1nc2c(C(F)(F)F)cc3[nH]ncc3c2s1. The molecule has 4 rings (SSSR count). The number of aromatic nitrogens is 3. The Morgan fingerprint density at radius 3 is 2.71 bits per heavy atom. The van der Waals surface area contributed by atoms with Gasteiger partial charge >= 0.3 is 6.18 Å². The molecule has 0 unspecified atom stereocenters. The molecule has 0 saturated carbocycles. The maximum atomic E-state index is 13.5. The number of aromatic amines is 1. The van der Waals surface area contributed by atoms with E-state index in [0.717, 1.165) is 17.4 Å². The van der Waals surface area contributed by atoms with Gasteiger partial charge in [-0.3, -0.25) is 15.2 Å². The molecule has 31 heavy (non-hydrogen) atoms. The molecule has 2 heterocycles. The van der Waals surface area contributed by atoms with Crippen molar-refractivity contribution in [3.05, 3.63) is 47.0 Å². The minimum atomic E-state index is -4.62. The topological polar surface area (TPSA) is 112 Å². The van der Waals surface area contributed by atoms with E-state index in [2.05, 4.69) is 31.0 Å². The van der Waals surface area contributed by atoms with E-state index < -0.39 is 23.2 Å². The Morgan fingerprint density at radius 1 is 1.23 bits per heavy atom. The monoisotopic (exact) mass is 448 g/mol. The number of carbonyl (C=O) groups excluding carboxylic acids is 1. The molecule has 0 spiro atoms. The highest BCUT2D eigenvalue weighted by Gasteiger charge is 2.36. The molecule has 0 atom stereocenters. The van der Waals surface area contributed by atoms with Gasteiger partial charge in [-0.2, -0.15) is 18.3 Å². The number of carbonyl (C=O) groups is 1. The van der Waals surface area contributed by atoms with Crippen molar-refractivity contribution in [2.75, 3.05) is 10.6 Å². The van der Waals surface area contributed by atoms with E-state index in [0.29, 0.717) is 11.1 Å². The van der Waals surface area contributed by atoms with Crippen molar-refractivity contribution < 1.29 is 18.0 Å². The number of nitrogens with one attached hydrogen (secondary N) is 3. The summed E-state index contributed by atoms with van der Waals surface area (Å²) in [4.78, 5) is 27.6. The summed E-state index contributed by atoms with van der Waals surface area (Å²) in [6.45, 7) is 3.18. The summed E-state index contributed by atoms with van der Waals surface area (Å²) >= 11 is 0.931. The number of halogens is 3. The Hall–Kier alpha value is -3.54. The van der Waals surface area contributed by atoms with Crippen molar-refractivity contribution in [3.8, 4) is 0 Å². The standard InChI is InChI=1S/C19H15F3N6O2S/c1-18(2,26-9-4-3-5-10(6-9)28-30)16(29)25-17-24-14-12(19(20,21)22)7-13-11(8-23-27-13)15(14)31-17/h3-8,26H,1-2H3,(H,23,27)(H,24,25,29). The maximum absolute atomic E-state index is 13.5. The highest BCUT2D eigenvalue weighted by atomic mass is 32.1. The molecule has 0 aliphatic carbocycles. The molecular formula is C19H15F3N6O2S. The fourth-order valence-corrected chi connectivity index (χ4v) is 4.06. The third kappa shape index (κ3) is 3.93. The van der Waals surface area contributed by atoms with Crippen LogP contribution in [0.3, 0.4) is 0 Å². The Balaban J connectivity index is 1.66. The summed E-state index contributed by atoms with van der Waals surface area (Å²) in [6.07, 6.45) is -3.20. The lowest BCUT2D eigenvalue weighted by molar-refractivity contribution is -0.136. The Kier molecular flexibility index (Phi) is 4.88. The van der Waals surface area contributed by atoms with E-state index >= 15 is 0 Å². The van der Waals surface area contributed by atoms with Crippen LogP contribution in [0.1, 0.15) is 19.4 Å². The Bertz CT molecular complexity index is 1310. The third-order valence-corrected chi connectivity index (χ3v) is 5.59. The number of hydrogen-bond acceptors (Lipinski definition) is 7. The average molecular weight is 448 g/mol. The number of nitroso groups, excluding NO2 is 1. The molecule has 1 amide bonds. The van der Waals surface area contributed by atoms with Crippen LogP contribution in [0.5, 0.6) is 0 Å². The molecule has 0 saturated heterocycles. The number of fused-ring (bicyclic) bond motifs is 3. The summed E-state index contributed by atoms with van der Waals surface area (Å²) in [5, 5.41) is 15.3. The quantitative estimate of drug-likeness (QED) is 0.353. The zero-order chi connectivity index (χ0) is 22.4. The minimum absolute atomic E-state index is 0.0254. The van der Waals surface area contributed by atoms with Gasteiger partial charge in [0.25, 0.3) is 5.91 Å². The van der Waals surface area contributed by atoms with Gasteiger partial charge in [0.1, 0.15) is 11.2 Å². The van der Waals surface area contributed by atoms with Crippen molar-refractivity contribution in [1.29, 1.82) is 0 Å². The number of nitrogens with zero attached hydrogens (tertiary/aromatic N) is 3. The van der Waals surface area contributed by atoms with E-state index in [4.69, 9.17) is 0 Å². The van der Waals surface area contributed by atoms with Crippen LogP contribution in [-0.2, 0) is 11.0 Å². The van der Waals surface area contributed by atoms with Crippen LogP contribution < -0.4 is 10.6 Å². The first kappa shape index (κ1) is 20.7. The van der Waals surface area contributed by atoms with Gasteiger partial charge in [0, 0.05) is 11.1 Å². The zero-order valence-corrected chi connectivity index (χ0v) is 17.0. The van der Waals surface area contributed by atoms with Gasteiger partial charge < -0.3 is 5.32 Å². The predicted molar refractivity (Wildman–Crippen MR) is 113 cm³/mol. The Labute approximate surface area is 176 Å². The molecule has 0 radical (unpaired) electrons. The van der Waals surface area contributed by atoms with Crippen LogP contribution in [0.4, 0.5) is 29.7 Å². The number of alkyl halides is 3. The molecule has 2 aromatic heterocycles. The highest BCUT2D eigenvalue weighted by molar-refractivity contribution is 7.23. The largest absolute Gasteiger partial charge is 0.418 e. The molecule has 0 aliphatic heterocycles. The van der Waals surface area contributed by atoms with E-state index in [-0.39, 0.29) is 26.6 Å². The number of rotatable bonds is 5. The molecule has 3 N–H and O–H groups in total. The van der Waals surface area contributed by atoms with Crippen molar-refractivity contribution in [2.45, 2.75) is 25.6 Å². The summed E-state index contributed by atoms with van der Waals surface area (Å²) in [6, 6.07) is 7.21. The number of hydrogen-bond donors (Lipinski definition) is 3. The number of benzene rings is 2. The normalized spacial score (nSPS) is 12.3. The summed E-state index contributed by atoms with van der Waals surface area (Å²) in [5.74, 6) is -0.520. The molecule has 0 aliphatic rings. The minimum Gasteiger partial charge on any atom is -0.372 e. The summed E-state index contributed by atoms with van der Waals surface area (Å²) in [7, 11) is 0. The molecule has 0 bridgehead atoms. The van der Waals surface area contributed by atoms with Gasteiger partial charge in [-0.15, -0.1) is 4.91 Å². The highest BCUT2D eigenvalue weighted by Crippen LogP contribution is 2.41. The van der Waals surface area contributed by atoms with Gasteiger partial charge in [0.05, 0.1) is 27.5 Å². The van der Waals surface area contributed by atoms with E-state index in [1.807, 2.05) is 0 Å². The molecule has 160 valence electrons. The van der Waals surface area contributed by atoms with E-state index in [9.17, 15) is 22.9 Å². The molecule has 4 aromatic rings. The van der Waals surface area contributed by atoms with Crippen LogP contribution in [0.25, 0.3) is 21.1 Å². The smallest absolute Gasteiger partial charge is 0.372 e. The molecule has 2 aromatic carbocycles. The average Bonchev–Trinajstić information content (AvgIpc) is 3.32. The second-order valence-corrected chi connectivity index (χ2v) is 8.29. The van der Waals surface area contributed by atoms with Gasteiger partial charge in [-0.05, 0) is 43.3 Å². The Morgan fingerprint density at radius 2 is 2.00 bits per heavy atom. The second kappa shape index (κ2) is 7.30. The first-order valence-electron chi connectivity index (χ1n) is 8.95. The van der Waals surface area contributed by atoms with Crippen LogP contribution in [-0.4, -0.2) is 26.6 Å². The number of H-pyrrole nitrogens is 1. The zero-order valence-electron chi connectivity index (χ0n) is 16.2. The lowest BCUT2D eigenvalue weighted by Gasteiger charge is -2.25. The van der Waals surface area contributed by atoms with Crippen molar-refractivity contribution in [1.82, 2.24) is 15.2 Å². The predicted octanol–water partition coefficient (Wildman–Crippen LogP) is 5.42. The van der Waals surface area contributed by atoms with Gasteiger partial charge in [0.2, 0.25) is 0 Å². The summed E-state index contributed by atoms with van der Waals surface area (Å²) in [5.41, 5.74) is -1.43. The molecule has 12 heteroatoms. The van der Waals surface area contributed by atoms with Crippen LogP contribution in [0, 0.1) is 4.91 Å². The van der Waals surface area contributed by atoms with Crippen molar-refractivity contribution >= 4 is 54.9 Å². The first-order valence-corrected chi connectivity index (χ1v) is 9.77. The number of anilines is 2. The fraction of sp³-hybridized carbons (Fsp3) is 0.211. The van der Waals surface area contributed by atoms with Crippen LogP contribution in [0.2, 0.25) is 0 Å². The van der Waals surface area contributed by atoms with Gasteiger partial charge in [-0.1, -0.05) is 17.4 Å². The fourth-order valence-electron chi connectivity index (χ4n) is 3.07.